The average Bonchev–Trinajstić information content (AvgIpc) is 2.69. The molecule has 0 atom stereocenters. The van der Waals surface area contributed by atoms with Crippen LogP contribution >= 0.6 is 0 Å². The second-order valence-electron chi connectivity index (χ2n) is 6.65. The maximum Gasteiger partial charge on any atom is 0.253 e. The molecule has 0 unspecified atom stereocenters. The van der Waals surface area contributed by atoms with Crippen LogP contribution in [0.25, 0.3) is 0 Å². The SMILES string of the molecule is O=C(NCCC1CCN(C(=O)c2ccccc2)CC1)c1ccc(F)cc1. The van der Waals surface area contributed by atoms with Gasteiger partial charge in [0.25, 0.3) is 11.8 Å². The van der Waals surface area contributed by atoms with Gasteiger partial charge >= 0.3 is 0 Å². The fourth-order valence-corrected chi connectivity index (χ4v) is 3.28. The summed E-state index contributed by atoms with van der Waals surface area (Å²) in [6.45, 7) is 2.10. The van der Waals surface area contributed by atoms with Crippen LogP contribution < -0.4 is 5.32 Å². The number of carbonyl (C=O) groups excluding carboxylic acids is 2. The normalized spacial score (nSPS) is 14.9. The highest BCUT2D eigenvalue weighted by Crippen LogP contribution is 2.21. The first-order chi connectivity index (χ1) is 12.6. The second-order valence-corrected chi connectivity index (χ2v) is 6.65. The Balaban J connectivity index is 1.39. The van der Waals surface area contributed by atoms with E-state index in [9.17, 15) is 14.0 Å². The van der Waals surface area contributed by atoms with E-state index in [0.29, 0.717) is 18.0 Å². The Bertz CT molecular complexity index is 738. The lowest BCUT2D eigenvalue weighted by atomic mass is 9.93. The van der Waals surface area contributed by atoms with Gasteiger partial charge in [-0.25, -0.2) is 4.39 Å². The molecule has 2 amide bonds. The van der Waals surface area contributed by atoms with Crippen molar-refractivity contribution in [3.05, 3.63) is 71.5 Å². The molecule has 1 aliphatic rings. The minimum absolute atomic E-state index is 0.0914. The van der Waals surface area contributed by atoms with Gasteiger partial charge in [0, 0.05) is 30.8 Å². The quantitative estimate of drug-likeness (QED) is 0.893. The molecule has 2 aromatic rings. The molecule has 1 heterocycles. The van der Waals surface area contributed by atoms with Crippen LogP contribution in [0.1, 0.15) is 40.0 Å². The predicted octanol–water partition coefficient (Wildman–Crippen LogP) is 3.50. The summed E-state index contributed by atoms with van der Waals surface area (Å²) in [5.41, 5.74) is 1.20. The van der Waals surface area contributed by atoms with Crippen molar-refractivity contribution in [1.29, 1.82) is 0 Å². The maximum absolute atomic E-state index is 12.9. The van der Waals surface area contributed by atoms with Crippen LogP contribution in [0.5, 0.6) is 0 Å². The molecule has 0 radical (unpaired) electrons. The zero-order valence-corrected chi connectivity index (χ0v) is 14.7. The van der Waals surface area contributed by atoms with E-state index < -0.39 is 0 Å². The van der Waals surface area contributed by atoms with Crippen LogP contribution in [0.4, 0.5) is 4.39 Å². The van der Waals surface area contributed by atoms with E-state index in [1.54, 1.807) is 0 Å². The van der Waals surface area contributed by atoms with Crippen molar-refractivity contribution in [1.82, 2.24) is 10.2 Å². The third kappa shape index (κ3) is 4.69. The number of halogens is 1. The number of nitrogens with one attached hydrogen (secondary N) is 1. The van der Waals surface area contributed by atoms with Crippen LogP contribution in [-0.4, -0.2) is 36.3 Å². The molecular weight excluding hydrogens is 331 g/mol. The van der Waals surface area contributed by atoms with Gasteiger partial charge < -0.3 is 10.2 Å². The molecule has 0 aliphatic carbocycles. The molecule has 1 saturated heterocycles. The Kier molecular flexibility index (Phi) is 6.00. The van der Waals surface area contributed by atoms with E-state index in [-0.39, 0.29) is 17.6 Å². The molecule has 1 aliphatic heterocycles. The van der Waals surface area contributed by atoms with Crippen molar-refractivity contribution >= 4 is 11.8 Å². The molecule has 5 heteroatoms. The van der Waals surface area contributed by atoms with Gasteiger partial charge in [0.05, 0.1) is 0 Å². The molecule has 3 rings (SSSR count). The van der Waals surface area contributed by atoms with Gasteiger partial charge in [0.2, 0.25) is 0 Å². The van der Waals surface area contributed by atoms with Crippen LogP contribution in [0, 0.1) is 11.7 Å². The highest BCUT2D eigenvalue weighted by molar-refractivity contribution is 5.94. The molecule has 2 aromatic carbocycles. The van der Waals surface area contributed by atoms with Crippen molar-refractivity contribution in [2.75, 3.05) is 19.6 Å². The first kappa shape index (κ1) is 18.1. The summed E-state index contributed by atoms with van der Waals surface area (Å²) >= 11 is 0. The number of hydrogen-bond acceptors (Lipinski definition) is 2. The Labute approximate surface area is 153 Å². The lowest BCUT2D eigenvalue weighted by molar-refractivity contribution is 0.0687. The van der Waals surface area contributed by atoms with Gasteiger partial charge in [-0.1, -0.05) is 18.2 Å². The third-order valence-electron chi connectivity index (χ3n) is 4.87. The fourth-order valence-electron chi connectivity index (χ4n) is 3.28. The van der Waals surface area contributed by atoms with E-state index in [2.05, 4.69) is 5.32 Å². The molecule has 1 N–H and O–H groups in total. The number of carbonyl (C=O) groups is 2. The van der Waals surface area contributed by atoms with E-state index >= 15 is 0 Å². The van der Waals surface area contributed by atoms with Crippen molar-refractivity contribution in [2.45, 2.75) is 19.3 Å². The molecule has 0 spiro atoms. The van der Waals surface area contributed by atoms with Crippen LogP contribution in [-0.2, 0) is 0 Å². The number of likely N-dealkylation sites (tertiary alicyclic amines) is 1. The highest BCUT2D eigenvalue weighted by atomic mass is 19.1. The number of benzene rings is 2. The van der Waals surface area contributed by atoms with Gasteiger partial charge in [0.15, 0.2) is 0 Å². The molecule has 0 saturated carbocycles. The number of piperidine rings is 1. The standard InChI is InChI=1S/C21H23FN2O2/c22-19-8-6-17(7-9-19)20(25)23-13-10-16-11-14-24(15-12-16)21(26)18-4-2-1-3-5-18/h1-9,16H,10-15H2,(H,23,25). The molecular formula is C21H23FN2O2. The minimum Gasteiger partial charge on any atom is -0.352 e. The Morgan fingerprint density at radius 2 is 1.62 bits per heavy atom. The fraction of sp³-hybridized carbons (Fsp3) is 0.333. The summed E-state index contributed by atoms with van der Waals surface area (Å²) in [6, 6.07) is 14.9. The molecule has 1 fully saturated rings. The molecule has 4 nitrogen and oxygen atoms in total. The first-order valence-electron chi connectivity index (χ1n) is 9.01. The van der Waals surface area contributed by atoms with Gasteiger partial charge in [-0.2, -0.15) is 0 Å². The van der Waals surface area contributed by atoms with Crippen LogP contribution in [0.15, 0.2) is 54.6 Å². The Morgan fingerprint density at radius 1 is 0.962 bits per heavy atom. The monoisotopic (exact) mass is 354 g/mol. The zero-order valence-electron chi connectivity index (χ0n) is 14.7. The number of amides is 2. The Hall–Kier alpha value is -2.69. The van der Waals surface area contributed by atoms with Crippen LogP contribution in [0.2, 0.25) is 0 Å². The number of rotatable bonds is 5. The number of hydrogen-bond donors (Lipinski definition) is 1. The Morgan fingerprint density at radius 3 is 2.27 bits per heavy atom. The van der Waals surface area contributed by atoms with Crippen molar-refractivity contribution < 1.29 is 14.0 Å². The topological polar surface area (TPSA) is 49.4 Å². The summed E-state index contributed by atoms with van der Waals surface area (Å²) in [5, 5.41) is 2.88. The number of nitrogens with zero attached hydrogens (tertiary/aromatic N) is 1. The first-order valence-corrected chi connectivity index (χ1v) is 9.01. The summed E-state index contributed by atoms with van der Waals surface area (Å²) in [7, 11) is 0. The minimum atomic E-state index is -0.349. The molecule has 26 heavy (non-hydrogen) atoms. The van der Waals surface area contributed by atoms with Gasteiger partial charge in [-0.15, -0.1) is 0 Å². The summed E-state index contributed by atoms with van der Waals surface area (Å²) < 4.78 is 12.9. The van der Waals surface area contributed by atoms with Crippen molar-refractivity contribution in [2.24, 2.45) is 5.92 Å². The third-order valence-corrected chi connectivity index (χ3v) is 4.87. The largest absolute Gasteiger partial charge is 0.352 e. The van der Waals surface area contributed by atoms with E-state index in [0.717, 1.165) is 37.9 Å². The summed E-state index contributed by atoms with van der Waals surface area (Å²) in [6.07, 6.45) is 2.79. The van der Waals surface area contributed by atoms with Gasteiger partial charge in [-0.3, -0.25) is 9.59 Å². The maximum atomic E-state index is 12.9. The van der Waals surface area contributed by atoms with Gasteiger partial charge in [0.1, 0.15) is 5.82 Å². The molecule has 136 valence electrons. The summed E-state index contributed by atoms with van der Waals surface area (Å²) in [4.78, 5) is 26.3. The van der Waals surface area contributed by atoms with E-state index in [1.807, 2.05) is 35.2 Å². The van der Waals surface area contributed by atoms with Crippen LogP contribution in [0.3, 0.4) is 0 Å². The van der Waals surface area contributed by atoms with Crippen molar-refractivity contribution in [3.63, 3.8) is 0 Å². The second kappa shape index (κ2) is 8.61. The smallest absolute Gasteiger partial charge is 0.253 e. The van der Waals surface area contributed by atoms with E-state index in [1.165, 1.54) is 24.3 Å². The average molecular weight is 354 g/mol. The predicted molar refractivity (Wildman–Crippen MR) is 98.4 cm³/mol. The van der Waals surface area contributed by atoms with Gasteiger partial charge in [-0.05, 0) is 61.6 Å². The van der Waals surface area contributed by atoms with Crippen molar-refractivity contribution in [3.8, 4) is 0 Å². The van der Waals surface area contributed by atoms with E-state index in [4.69, 9.17) is 0 Å². The molecule has 0 aromatic heterocycles. The zero-order chi connectivity index (χ0) is 18.4. The molecule has 0 bridgehead atoms. The highest BCUT2D eigenvalue weighted by Gasteiger charge is 2.23. The summed E-state index contributed by atoms with van der Waals surface area (Å²) in [5.74, 6) is 0.0667. The lowest BCUT2D eigenvalue weighted by Gasteiger charge is -2.32. The lowest BCUT2D eigenvalue weighted by Crippen LogP contribution is -2.39.